The maximum Gasteiger partial charge on any atom is 0.277 e. The number of nitrogens with zero attached hydrogens (tertiary/aromatic N) is 3. The van der Waals surface area contributed by atoms with Crippen LogP contribution in [0.1, 0.15) is 18.9 Å². The zero-order valence-electron chi connectivity index (χ0n) is 17.3. The van der Waals surface area contributed by atoms with E-state index < -0.39 is 0 Å². The maximum atomic E-state index is 13.2. The van der Waals surface area contributed by atoms with E-state index in [1.165, 1.54) is 4.90 Å². The lowest BCUT2D eigenvalue weighted by Crippen LogP contribution is -2.48. The second-order valence-corrected chi connectivity index (χ2v) is 7.11. The van der Waals surface area contributed by atoms with Crippen LogP contribution in [-0.4, -0.2) is 91.7 Å². The molecule has 0 aliphatic carbocycles. The molecule has 2 aliphatic rings. The fraction of sp³-hybridized carbons (Fsp3) is 0.524. The van der Waals surface area contributed by atoms with Gasteiger partial charge in [0, 0.05) is 39.3 Å². The normalized spacial score (nSPS) is 18.1. The Labute approximate surface area is 171 Å². The SMILES string of the molecule is CCCN1C(=O)C(c2ccc(OC)c(OC)c2)=C(N2CCN(CCO)CC2)C1=O. The zero-order valence-corrected chi connectivity index (χ0v) is 17.3. The van der Waals surface area contributed by atoms with Crippen LogP contribution in [0.4, 0.5) is 0 Å². The van der Waals surface area contributed by atoms with Crippen LogP contribution in [-0.2, 0) is 9.59 Å². The first-order valence-corrected chi connectivity index (χ1v) is 9.96. The summed E-state index contributed by atoms with van der Waals surface area (Å²) in [6.07, 6.45) is 0.703. The van der Waals surface area contributed by atoms with Gasteiger partial charge in [-0.2, -0.15) is 0 Å². The van der Waals surface area contributed by atoms with Crippen molar-refractivity contribution >= 4 is 17.4 Å². The molecule has 0 saturated carbocycles. The number of piperazine rings is 1. The number of ether oxygens (including phenoxy) is 2. The van der Waals surface area contributed by atoms with E-state index in [0.717, 1.165) is 13.1 Å². The topological polar surface area (TPSA) is 82.6 Å². The van der Waals surface area contributed by atoms with Crippen molar-refractivity contribution in [1.29, 1.82) is 0 Å². The largest absolute Gasteiger partial charge is 0.493 e. The number of hydrogen-bond acceptors (Lipinski definition) is 7. The van der Waals surface area contributed by atoms with E-state index in [1.54, 1.807) is 32.4 Å². The third-order valence-corrected chi connectivity index (χ3v) is 5.37. The molecular weight excluding hydrogens is 374 g/mol. The van der Waals surface area contributed by atoms with Crippen LogP contribution < -0.4 is 9.47 Å². The lowest BCUT2D eigenvalue weighted by Gasteiger charge is -2.36. The number of carbonyl (C=O) groups is 2. The molecule has 0 unspecified atom stereocenters. The smallest absolute Gasteiger partial charge is 0.277 e. The van der Waals surface area contributed by atoms with E-state index in [2.05, 4.69) is 4.90 Å². The minimum atomic E-state index is -0.267. The quantitative estimate of drug-likeness (QED) is 0.643. The lowest BCUT2D eigenvalue weighted by atomic mass is 10.0. The molecule has 158 valence electrons. The van der Waals surface area contributed by atoms with Gasteiger partial charge in [0.25, 0.3) is 11.8 Å². The van der Waals surface area contributed by atoms with Crippen molar-refractivity contribution in [2.45, 2.75) is 13.3 Å². The van der Waals surface area contributed by atoms with Gasteiger partial charge in [0.1, 0.15) is 5.70 Å². The summed E-state index contributed by atoms with van der Waals surface area (Å²) in [7, 11) is 3.10. The summed E-state index contributed by atoms with van der Waals surface area (Å²) in [6.45, 7) is 5.80. The van der Waals surface area contributed by atoms with Gasteiger partial charge in [-0.15, -0.1) is 0 Å². The summed E-state index contributed by atoms with van der Waals surface area (Å²) in [6, 6.07) is 5.29. The van der Waals surface area contributed by atoms with Gasteiger partial charge in [-0.1, -0.05) is 13.0 Å². The molecule has 2 heterocycles. The van der Waals surface area contributed by atoms with E-state index in [9.17, 15) is 9.59 Å². The van der Waals surface area contributed by atoms with Crippen molar-refractivity contribution in [2.24, 2.45) is 0 Å². The van der Waals surface area contributed by atoms with Crippen LogP contribution in [0.3, 0.4) is 0 Å². The highest BCUT2D eigenvalue weighted by molar-refractivity contribution is 6.35. The number of rotatable bonds is 8. The fourth-order valence-corrected chi connectivity index (χ4v) is 3.87. The number of imide groups is 1. The number of amides is 2. The van der Waals surface area contributed by atoms with Crippen LogP contribution in [0.15, 0.2) is 23.9 Å². The summed E-state index contributed by atoms with van der Waals surface area (Å²) in [4.78, 5) is 31.8. The summed E-state index contributed by atoms with van der Waals surface area (Å²) < 4.78 is 10.7. The number of β-amino-alcohol motifs (C(OH)–C–C–N with tert-alkyl or cyclic N) is 1. The molecule has 2 aliphatic heterocycles. The summed E-state index contributed by atoms with van der Waals surface area (Å²) in [5.41, 5.74) is 1.52. The molecule has 0 spiro atoms. The van der Waals surface area contributed by atoms with E-state index in [1.807, 2.05) is 11.8 Å². The Balaban J connectivity index is 2.00. The number of aliphatic hydroxyl groups excluding tert-OH is 1. The van der Waals surface area contributed by atoms with Gasteiger partial charge in [-0.3, -0.25) is 19.4 Å². The van der Waals surface area contributed by atoms with E-state index in [4.69, 9.17) is 14.6 Å². The van der Waals surface area contributed by atoms with Gasteiger partial charge < -0.3 is 19.5 Å². The van der Waals surface area contributed by atoms with Crippen molar-refractivity contribution in [2.75, 3.05) is 60.1 Å². The van der Waals surface area contributed by atoms with Gasteiger partial charge in [-0.05, 0) is 24.1 Å². The molecule has 0 radical (unpaired) electrons. The van der Waals surface area contributed by atoms with Crippen LogP contribution in [0.2, 0.25) is 0 Å². The number of carbonyl (C=O) groups excluding carboxylic acids is 2. The lowest BCUT2D eigenvalue weighted by molar-refractivity contribution is -0.137. The van der Waals surface area contributed by atoms with Crippen molar-refractivity contribution in [1.82, 2.24) is 14.7 Å². The number of benzene rings is 1. The van der Waals surface area contributed by atoms with E-state index in [-0.39, 0.29) is 18.4 Å². The molecule has 8 nitrogen and oxygen atoms in total. The summed E-state index contributed by atoms with van der Waals surface area (Å²) in [5, 5.41) is 9.16. The maximum absolute atomic E-state index is 13.2. The Bertz CT molecular complexity index is 800. The third kappa shape index (κ3) is 4.09. The van der Waals surface area contributed by atoms with Crippen molar-refractivity contribution in [3.05, 3.63) is 29.5 Å². The summed E-state index contributed by atoms with van der Waals surface area (Å²) >= 11 is 0. The molecule has 1 saturated heterocycles. The van der Waals surface area contributed by atoms with Crippen LogP contribution >= 0.6 is 0 Å². The zero-order chi connectivity index (χ0) is 21.0. The molecule has 1 aromatic rings. The molecule has 2 amide bonds. The van der Waals surface area contributed by atoms with Crippen molar-refractivity contribution in [3.8, 4) is 11.5 Å². The molecule has 1 fully saturated rings. The molecule has 0 aromatic heterocycles. The summed E-state index contributed by atoms with van der Waals surface area (Å²) in [5.74, 6) is 0.575. The highest BCUT2D eigenvalue weighted by Crippen LogP contribution is 2.36. The van der Waals surface area contributed by atoms with Gasteiger partial charge >= 0.3 is 0 Å². The fourth-order valence-electron chi connectivity index (χ4n) is 3.87. The number of aliphatic hydroxyl groups is 1. The molecule has 3 rings (SSSR count). The second kappa shape index (κ2) is 9.28. The average Bonchev–Trinajstić information content (AvgIpc) is 2.99. The Morgan fingerprint density at radius 3 is 2.24 bits per heavy atom. The molecular formula is C21H29N3O5. The van der Waals surface area contributed by atoms with E-state index in [0.29, 0.717) is 60.9 Å². The van der Waals surface area contributed by atoms with Gasteiger partial charge in [0.05, 0.1) is 26.4 Å². The monoisotopic (exact) mass is 403 g/mol. The predicted molar refractivity (Wildman–Crippen MR) is 109 cm³/mol. The first-order chi connectivity index (χ1) is 14.0. The predicted octanol–water partition coefficient (Wildman–Crippen LogP) is 0.804. The molecule has 1 aromatic carbocycles. The Kier molecular flexibility index (Phi) is 6.76. The van der Waals surface area contributed by atoms with Crippen LogP contribution in [0, 0.1) is 0 Å². The Morgan fingerprint density at radius 2 is 1.66 bits per heavy atom. The highest BCUT2D eigenvalue weighted by atomic mass is 16.5. The van der Waals surface area contributed by atoms with Gasteiger partial charge in [0.15, 0.2) is 11.5 Å². The van der Waals surface area contributed by atoms with Crippen molar-refractivity contribution in [3.63, 3.8) is 0 Å². The third-order valence-electron chi connectivity index (χ3n) is 5.37. The standard InChI is InChI=1S/C21H29N3O5/c1-4-7-24-20(26)18(15-5-6-16(28-2)17(14-15)29-3)19(21(24)27)23-10-8-22(9-11-23)12-13-25/h5-6,14,25H,4,7-13H2,1-3H3. The van der Waals surface area contributed by atoms with Gasteiger partial charge in [0.2, 0.25) is 0 Å². The molecule has 0 bridgehead atoms. The average molecular weight is 403 g/mol. The number of hydrogen-bond donors (Lipinski definition) is 1. The van der Waals surface area contributed by atoms with Gasteiger partial charge in [-0.25, -0.2) is 0 Å². The minimum Gasteiger partial charge on any atom is -0.493 e. The highest BCUT2D eigenvalue weighted by Gasteiger charge is 2.41. The first-order valence-electron chi connectivity index (χ1n) is 9.96. The molecule has 8 heteroatoms. The first kappa shape index (κ1) is 21.1. The molecule has 29 heavy (non-hydrogen) atoms. The van der Waals surface area contributed by atoms with E-state index >= 15 is 0 Å². The Morgan fingerprint density at radius 1 is 0.966 bits per heavy atom. The van der Waals surface area contributed by atoms with Crippen LogP contribution in [0.25, 0.3) is 5.57 Å². The minimum absolute atomic E-state index is 0.112. The molecule has 0 atom stereocenters. The van der Waals surface area contributed by atoms with Crippen molar-refractivity contribution < 1.29 is 24.2 Å². The Hall–Kier alpha value is -2.58. The number of methoxy groups -OCH3 is 2. The molecule has 1 N–H and O–H groups in total. The van der Waals surface area contributed by atoms with Crippen LogP contribution in [0.5, 0.6) is 11.5 Å². The second-order valence-electron chi connectivity index (χ2n) is 7.11.